The zero-order chi connectivity index (χ0) is 14.5. The third-order valence-corrected chi connectivity index (χ3v) is 3.24. The van der Waals surface area contributed by atoms with Crippen LogP contribution in [0.5, 0.6) is 5.75 Å². The van der Waals surface area contributed by atoms with Gasteiger partial charge in [0.25, 0.3) is 11.8 Å². The molecule has 5 nitrogen and oxygen atoms in total. The Morgan fingerprint density at radius 2 is 2.20 bits per heavy atom. The average Bonchev–Trinajstić information content (AvgIpc) is 2.44. The Hall–Kier alpha value is -2.04. The van der Waals surface area contributed by atoms with Gasteiger partial charge in [0.2, 0.25) is 0 Å². The Morgan fingerprint density at radius 3 is 2.95 bits per heavy atom. The van der Waals surface area contributed by atoms with E-state index in [1.54, 1.807) is 25.1 Å². The molecule has 0 saturated carbocycles. The highest BCUT2D eigenvalue weighted by Crippen LogP contribution is 2.30. The molecule has 1 aliphatic rings. The number of amides is 2. The van der Waals surface area contributed by atoms with Crippen LogP contribution in [0.2, 0.25) is 0 Å². The van der Waals surface area contributed by atoms with Crippen molar-refractivity contribution in [1.29, 1.82) is 0 Å². The van der Waals surface area contributed by atoms with Gasteiger partial charge in [-0.05, 0) is 31.5 Å². The molecule has 2 rings (SSSR count). The van der Waals surface area contributed by atoms with Crippen molar-refractivity contribution >= 4 is 17.5 Å². The minimum atomic E-state index is -0.503. The highest BCUT2D eigenvalue weighted by atomic mass is 16.5. The molecular formula is C15H20N2O3. The van der Waals surface area contributed by atoms with Crippen LogP contribution in [-0.4, -0.2) is 24.5 Å². The molecule has 0 saturated heterocycles. The van der Waals surface area contributed by atoms with Gasteiger partial charge < -0.3 is 15.4 Å². The largest absolute Gasteiger partial charge is 0.479 e. The zero-order valence-corrected chi connectivity index (χ0v) is 11.9. The third-order valence-electron chi connectivity index (χ3n) is 3.24. The number of hydrogen-bond acceptors (Lipinski definition) is 3. The predicted octanol–water partition coefficient (Wildman–Crippen LogP) is 2.33. The van der Waals surface area contributed by atoms with E-state index in [1.165, 1.54) is 0 Å². The van der Waals surface area contributed by atoms with Crippen LogP contribution < -0.4 is 15.4 Å². The monoisotopic (exact) mass is 276 g/mol. The maximum Gasteiger partial charge on any atom is 0.265 e. The molecule has 0 spiro atoms. The van der Waals surface area contributed by atoms with E-state index in [0.717, 1.165) is 19.3 Å². The van der Waals surface area contributed by atoms with Gasteiger partial charge in [-0.2, -0.15) is 0 Å². The van der Waals surface area contributed by atoms with Crippen LogP contribution in [0.25, 0.3) is 0 Å². The Morgan fingerprint density at radius 1 is 1.40 bits per heavy atom. The zero-order valence-electron chi connectivity index (χ0n) is 11.9. The first-order valence-corrected chi connectivity index (χ1v) is 7.01. The van der Waals surface area contributed by atoms with Crippen molar-refractivity contribution in [2.24, 2.45) is 0 Å². The molecule has 0 bridgehead atoms. The molecule has 20 heavy (non-hydrogen) atoms. The van der Waals surface area contributed by atoms with E-state index in [1.807, 2.05) is 0 Å². The average molecular weight is 276 g/mol. The summed E-state index contributed by atoms with van der Waals surface area (Å²) in [6.07, 6.45) is 2.70. The van der Waals surface area contributed by atoms with Crippen molar-refractivity contribution in [3.63, 3.8) is 0 Å². The van der Waals surface area contributed by atoms with Crippen LogP contribution in [0.4, 0.5) is 5.69 Å². The van der Waals surface area contributed by atoms with E-state index in [9.17, 15) is 9.59 Å². The number of nitrogens with one attached hydrogen (secondary N) is 2. The fraction of sp³-hybridized carbons (Fsp3) is 0.467. The van der Waals surface area contributed by atoms with E-state index < -0.39 is 6.10 Å². The molecule has 1 unspecified atom stereocenters. The molecule has 0 aromatic heterocycles. The van der Waals surface area contributed by atoms with Crippen LogP contribution in [0.3, 0.4) is 0 Å². The first-order chi connectivity index (χ1) is 9.61. The molecule has 0 aliphatic carbocycles. The Balaban J connectivity index is 2.02. The summed E-state index contributed by atoms with van der Waals surface area (Å²) >= 11 is 0. The summed E-state index contributed by atoms with van der Waals surface area (Å²) < 4.78 is 5.45. The minimum Gasteiger partial charge on any atom is -0.479 e. The number of carbonyl (C=O) groups is 2. The maximum atomic E-state index is 12.0. The number of benzene rings is 1. The number of ether oxygens (including phenoxy) is 1. The molecule has 1 heterocycles. The first kappa shape index (κ1) is 14.4. The summed E-state index contributed by atoms with van der Waals surface area (Å²) in [6.45, 7) is 4.48. The molecular weight excluding hydrogens is 256 g/mol. The van der Waals surface area contributed by atoms with Crippen molar-refractivity contribution in [2.45, 2.75) is 39.2 Å². The molecule has 1 aromatic carbocycles. The van der Waals surface area contributed by atoms with Gasteiger partial charge in [0.15, 0.2) is 6.10 Å². The number of unbranched alkanes of at least 4 members (excludes halogenated alkanes) is 2. The third kappa shape index (κ3) is 3.29. The van der Waals surface area contributed by atoms with E-state index >= 15 is 0 Å². The van der Waals surface area contributed by atoms with Crippen molar-refractivity contribution in [3.05, 3.63) is 23.8 Å². The molecule has 1 aromatic rings. The summed E-state index contributed by atoms with van der Waals surface area (Å²) in [6, 6.07) is 5.07. The second kappa shape index (κ2) is 6.41. The van der Waals surface area contributed by atoms with E-state index in [2.05, 4.69) is 17.6 Å². The number of hydrogen-bond donors (Lipinski definition) is 2. The van der Waals surface area contributed by atoms with Crippen molar-refractivity contribution in [2.75, 3.05) is 11.9 Å². The summed E-state index contributed by atoms with van der Waals surface area (Å²) in [7, 11) is 0. The van der Waals surface area contributed by atoms with E-state index in [4.69, 9.17) is 4.74 Å². The Labute approximate surface area is 118 Å². The second-order valence-electron chi connectivity index (χ2n) is 4.92. The first-order valence-electron chi connectivity index (χ1n) is 7.01. The smallest absolute Gasteiger partial charge is 0.265 e. The van der Waals surface area contributed by atoms with E-state index in [-0.39, 0.29) is 11.8 Å². The number of anilines is 1. The maximum absolute atomic E-state index is 12.0. The quantitative estimate of drug-likeness (QED) is 0.811. The summed E-state index contributed by atoms with van der Waals surface area (Å²) in [4.78, 5) is 23.5. The Kier molecular flexibility index (Phi) is 4.61. The van der Waals surface area contributed by atoms with Crippen molar-refractivity contribution in [1.82, 2.24) is 5.32 Å². The van der Waals surface area contributed by atoms with Gasteiger partial charge in [-0.3, -0.25) is 9.59 Å². The van der Waals surface area contributed by atoms with Crippen LogP contribution >= 0.6 is 0 Å². The summed E-state index contributed by atoms with van der Waals surface area (Å²) in [5.41, 5.74) is 1.08. The lowest BCUT2D eigenvalue weighted by molar-refractivity contribution is -0.122. The molecule has 2 amide bonds. The molecule has 0 fully saturated rings. The van der Waals surface area contributed by atoms with Crippen molar-refractivity contribution < 1.29 is 14.3 Å². The van der Waals surface area contributed by atoms with Crippen LogP contribution in [0, 0.1) is 0 Å². The number of rotatable bonds is 5. The summed E-state index contributed by atoms with van der Waals surface area (Å²) in [5, 5.41) is 5.61. The molecule has 2 N–H and O–H groups in total. The molecule has 5 heteroatoms. The molecule has 1 aliphatic heterocycles. The van der Waals surface area contributed by atoms with Gasteiger partial charge in [0.05, 0.1) is 5.69 Å². The highest BCUT2D eigenvalue weighted by Gasteiger charge is 2.24. The number of carbonyl (C=O) groups excluding carboxylic acids is 2. The van der Waals surface area contributed by atoms with Gasteiger partial charge >= 0.3 is 0 Å². The van der Waals surface area contributed by atoms with Crippen LogP contribution in [0.15, 0.2) is 18.2 Å². The van der Waals surface area contributed by atoms with Gasteiger partial charge in [-0.15, -0.1) is 0 Å². The minimum absolute atomic E-state index is 0.128. The fourth-order valence-corrected chi connectivity index (χ4v) is 2.03. The highest BCUT2D eigenvalue weighted by molar-refractivity contribution is 6.00. The normalized spacial score (nSPS) is 16.9. The lowest BCUT2D eigenvalue weighted by Crippen LogP contribution is -2.34. The van der Waals surface area contributed by atoms with Gasteiger partial charge in [0, 0.05) is 12.1 Å². The lowest BCUT2D eigenvalue weighted by atomic mass is 10.1. The van der Waals surface area contributed by atoms with Gasteiger partial charge in [-0.1, -0.05) is 19.8 Å². The topological polar surface area (TPSA) is 67.4 Å². The number of fused-ring (bicyclic) bond motifs is 1. The van der Waals surface area contributed by atoms with E-state index in [0.29, 0.717) is 23.5 Å². The van der Waals surface area contributed by atoms with Crippen molar-refractivity contribution in [3.8, 4) is 5.75 Å². The molecule has 1 atom stereocenters. The Bertz CT molecular complexity index is 514. The predicted molar refractivity (Wildman–Crippen MR) is 77.0 cm³/mol. The van der Waals surface area contributed by atoms with Gasteiger partial charge in [-0.25, -0.2) is 0 Å². The standard InChI is InChI=1S/C15H20N2O3/c1-3-4-5-8-16-15(19)11-6-7-13-12(9-11)17-14(18)10(2)20-13/h6-7,9-10H,3-5,8H2,1-2H3,(H,16,19)(H,17,18). The summed E-state index contributed by atoms with van der Waals surface area (Å²) in [5.74, 6) is 0.273. The van der Waals surface area contributed by atoms with Crippen LogP contribution in [0.1, 0.15) is 43.5 Å². The molecule has 0 radical (unpaired) electrons. The fourth-order valence-electron chi connectivity index (χ4n) is 2.03. The second-order valence-corrected chi connectivity index (χ2v) is 4.92. The SMILES string of the molecule is CCCCCNC(=O)c1ccc2c(c1)NC(=O)C(C)O2. The molecule has 108 valence electrons. The van der Waals surface area contributed by atoms with Gasteiger partial charge in [0.1, 0.15) is 5.75 Å². The lowest BCUT2D eigenvalue weighted by Gasteiger charge is -2.23. The van der Waals surface area contributed by atoms with Crippen LogP contribution in [-0.2, 0) is 4.79 Å².